The summed E-state index contributed by atoms with van der Waals surface area (Å²) < 4.78 is 13.2. The zero-order chi connectivity index (χ0) is 11.3. The third-order valence-electron chi connectivity index (χ3n) is 2.05. The first-order valence-electron chi connectivity index (χ1n) is 4.70. The van der Waals surface area contributed by atoms with Gasteiger partial charge in [-0.15, -0.1) is 0 Å². The number of benzene rings is 1. The summed E-state index contributed by atoms with van der Waals surface area (Å²) in [5, 5.41) is 12.0. The molecule has 0 aliphatic rings. The van der Waals surface area contributed by atoms with Crippen LogP contribution in [-0.2, 0) is 6.42 Å². The van der Waals surface area contributed by atoms with Crippen LogP contribution in [0.4, 0.5) is 4.39 Å². The Bertz CT molecular complexity index is 373. The van der Waals surface area contributed by atoms with E-state index in [2.05, 4.69) is 5.32 Å². The van der Waals surface area contributed by atoms with Crippen LogP contribution in [0.1, 0.15) is 12.5 Å². The van der Waals surface area contributed by atoms with Gasteiger partial charge in [0.25, 0.3) is 0 Å². The van der Waals surface area contributed by atoms with E-state index in [1.165, 1.54) is 12.1 Å². The molecule has 2 nitrogen and oxygen atoms in total. The second-order valence-electron chi connectivity index (χ2n) is 3.29. The highest BCUT2D eigenvalue weighted by molar-refractivity contribution is 6.30. The molecule has 4 heteroatoms. The van der Waals surface area contributed by atoms with Gasteiger partial charge in [-0.05, 0) is 37.1 Å². The van der Waals surface area contributed by atoms with Crippen molar-refractivity contribution < 1.29 is 4.39 Å². The van der Waals surface area contributed by atoms with Gasteiger partial charge in [0.15, 0.2) is 0 Å². The minimum Gasteiger partial charge on any atom is -0.302 e. The molecule has 0 bridgehead atoms. The Hall–Kier alpha value is -1.11. The van der Waals surface area contributed by atoms with E-state index in [0.717, 1.165) is 0 Å². The zero-order valence-electron chi connectivity index (χ0n) is 8.43. The van der Waals surface area contributed by atoms with Gasteiger partial charge in [0.1, 0.15) is 5.82 Å². The predicted octanol–water partition coefficient (Wildman–Crippen LogP) is 2.52. The molecule has 0 saturated carbocycles. The maximum atomic E-state index is 13.2. The SMILES string of the molecule is CC(C#N)NCCc1cc(Cl)ccc1F. The molecule has 0 spiro atoms. The third kappa shape index (κ3) is 3.86. The Labute approximate surface area is 93.7 Å². The maximum absolute atomic E-state index is 13.2. The number of hydrogen-bond acceptors (Lipinski definition) is 2. The van der Waals surface area contributed by atoms with Crippen molar-refractivity contribution in [3.8, 4) is 6.07 Å². The number of hydrogen-bond donors (Lipinski definition) is 1. The first-order chi connectivity index (χ1) is 7.13. The lowest BCUT2D eigenvalue weighted by Gasteiger charge is -2.07. The van der Waals surface area contributed by atoms with Gasteiger partial charge in [0, 0.05) is 11.6 Å². The van der Waals surface area contributed by atoms with Gasteiger partial charge >= 0.3 is 0 Å². The maximum Gasteiger partial charge on any atom is 0.126 e. The van der Waals surface area contributed by atoms with Crippen molar-refractivity contribution in [2.75, 3.05) is 6.54 Å². The van der Waals surface area contributed by atoms with Gasteiger partial charge in [-0.1, -0.05) is 11.6 Å². The number of nitrogens with zero attached hydrogens (tertiary/aromatic N) is 1. The lowest BCUT2D eigenvalue weighted by molar-refractivity contribution is 0.589. The van der Waals surface area contributed by atoms with Gasteiger partial charge in [0.05, 0.1) is 12.1 Å². The first-order valence-corrected chi connectivity index (χ1v) is 5.08. The molecule has 0 amide bonds. The summed E-state index contributed by atoms with van der Waals surface area (Å²) in [7, 11) is 0. The fourth-order valence-electron chi connectivity index (χ4n) is 1.20. The predicted molar refractivity (Wildman–Crippen MR) is 58.2 cm³/mol. The molecule has 0 saturated heterocycles. The Kier molecular flexibility index (Phi) is 4.54. The zero-order valence-corrected chi connectivity index (χ0v) is 9.18. The van der Waals surface area contributed by atoms with Gasteiger partial charge in [-0.25, -0.2) is 4.39 Å². The minimum atomic E-state index is -0.259. The van der Waals surface area contributed by atoms with Crippen LogP contribution in [0.25, 0.3) is 0 Å². The molecule has 1 aromatic carbocycles. The van der Waals surface area contributed by atoms with Gasteiger partial charge in [-0.2, -0.15) is 5.26 Å². The van der Waals surface area contributed by atoms with Crippen molar-refractivity contribution >= 4 is 11.6 Å². The molecule has 0 heterocycles. The summed E-state index contributed by atoms with van der Waals surface area (Å²) >= 11 is 5.75. The van der Waals surface area contributed by atoms with Crippen molar-refractivity contribution in [2.24, 2.45) is 0 Å². The molecule has 15 heavy (non-hydrogen) atoms. The summed E-state index contributed by atoms with van der Waals surface area (Å²) in [5.74, 6) is -0.259. The van der Waals surface area contributed by atoms with Crippen LogP contribution in [0.15, 0.2) is 18.2 Å². The van der Waals surface area contributed by atoms with Crippen molar-refractivity contribution in [3.63, 3.8) is 0 Å². The summed E-state index contributed by atoms with van der Waals surface area (Å²) in [4.78, 5) is 0. The normalized spacial score (nSPS) is 12.1. The Morgan fingerprint density at radius 2 is 2.33 bits per heavy atom. The third-order valence-corrected chi connectivity index (χ3v) is 2.28. The minimum absolute atomic E-state index is 0.216. The quantitative estimate of drug-likeness (QED) is 0.857. The molecule has 0 fully saturated rings. The van der Waals surface area contributed by atoms with Crippen molar-refractivity contribution in [2.45, 2.75) is 19.4 Å². The standard InChI is InChI=1S/C11H12ClFN2/c1-8(7-14)15-5-4-9-6-10(12)2-3-11(9)13/h2-3,6,8,15H,4-5H2,1H3. The molecule has 80 valence electrons. The molecule has 0 aliphatic heterocycles. The molecular formula is C11H12ClFN2. The number of rotatable bonds is 4. The highest BCUT2D eigenvalue weighted by Gasteiger charge is 2.03. The van der Waals surface area contributed by atoms with Gasteiger partial charge in [-0.3, -0.25) is 0 Å². The fraction of sp³-hybridized carbons (Fsp3) is 0.364. The van der Waals surface area contributed by atoms with Crippen LogP contribution in [0.3, 0.4) is 0 Å². The highest BCUT2D eigenvalue weighted by atomic mass is 35.5. The van der Waals surface area contributed by atoms with Crippen molar-refractivity contribution in [3.05, 3.63) is 34.6 Å². The topological polar surface area (TPSA) is 35.8 Å². The van der Waals surface area contributed by atoms with E-state index in [1.54, 1.807) is 13.0 Å². The summed E-state index contributed by atoms with van der Waals surface area (Å²) in [6.07, 6.45) is 0.526. The van der Waals surface area contributed by atoms with E-state index in [1.807, 2.05) is 6.07 Å². The van der Waals surface area contributed by atoms with E-state index < -0.39 is 0 Å². The molecule has 1 unspecified atom stereocenters. The van der Waals surface area contributed by atoms with Crippen LogP contribution in [0, 0.1) is 17.1 Å². The second-order valence-corrected chi connectivity index (χ2v) is 3.73. The second kappa shape index (κ2) is 5.69. The molecule has 1 aromatic rings. The van der Waals surface area contributed by atoms with Crippen molar-refractivity contribution in [1.29, 1.82) is 5.26 Å². The van der Waals surface area contributed by atoms with Crippen LogP contribution in [0.5, 0.6) is 0 Å². The van der Waals surface area contributed by atoms with Crippen LogP contribution >= 0.6 is 11.6 Å². The first kappa shape index (κ1) is 12.0. The molecule has 0 aliphatic carbocycles. The molecule has 0 aromatic heterocycles. The fourth-order valence-corrected chi connectivity index (χ4v) is 1.40. The average molecular weight is 227 g/mol. The lowest BCUT2D eigenvalue weighted by atomic mass is 10.1. The monoisotopic (exact) mass is 226 g/mol. The number of nitriles is 1. The number of nitrogens with one attached hydrogen (secondary N) is 1. The largest absolute Gasteiger partial charge is 0.302 e. The van der Waals surface area contributed by atoms with Gasteiger partial charge < -0.3 is 5.32 Å². The summed E-state index contributed by atoms with van der Waals surface area (Å²) in [6, 6.07) is 6.31. The highest BCUT2D eigenvalue weighted by Crippen LogP contribution is 2.14. The van der Waals surface area contributed by atoms with Crippen LogP contribution < -0.4 is 5.32 Å². The average Bonchev–Trinajstić information content (AvgIpc) is 2.23. The smallest absolute Gasteiger partial charge is 0.126 e. The molecule has 1 atom stereocenters. The van der Waals surface area contributed by atoms with E-state index in [0.29, 0.717) is 23.6 Å². The van der Waals surface area contributed by atoms with Crippen LogP contribution in [0.2, 0.25) is 5.02 Å². The lowest BCUT2D eigenvalue weighted by Crippen LogP contribution is -2.26. The molecule has 1 N–H and O–H groups in total. The van der Waals surface area contributed by atoms with Gasteiger partial charge in [0.2, 0.25) is 0 Å². The van der Waals surface area contributed by atoms with E-state index in [4.69, 9.17) is 16.9 Å². The van der Waals surface area contributed by atoms with E-state index in [-0.39, 0.29) is 11.9 Å². The summed E-state index contributed by atoms with van der Waals surface area (Å²) in [6.45, 7) is 2.32. The Morgan fingerprint density at radius 1 is 1.60 bits per heavy atom. The van der Waals surface area contributed by atoms with Crippen molar-refractivity contribution in [1.82, 2.24) is 5.32 Å². The Morgan fingerprint density at radius 3 is 3.00 bits per heavy atom. The number of halogens is 2. The Balaban J connectivity index is 2.51. The summed E-state index contributed by atoms with van der Waals surface area (Å²) in [5.41, 5.74) is 0.570. The van der Waals surface area contributed by atoms with Crippen LogP contribution in [-0.4, -0.2) is 12.6 Å². The van der Waals surface area contributed by atoms with E-state index >= 15 is 0 Å². The molecular weight excluding hydrogens is 215 g/mol. The van der Waals surface area contributed by atoms with E-state index in [9.17, 15) is 4.39 Å². The molecule has 1 rings (SSSR count). The molecule has 0 radical (unpaired) electrons.